The fourth-order valence-corrected chi connectivity index (χ4v) is 3.34. The molecule has 0 bridgehead atoms. The van der Waals surface area contributed by atoms with Gasteiger partial charge in [-0.05, 0) is 11.1 Å². The van der Waals surface area contributed by atoms with Crippen LogP contribution < -0.4 is 14.2 Å². The highest BCUT2D eigenvalue weighted by atomic mass is 16.6. The lowest BCUT2D eigenvalue weighted by molar-refractivity contribution is -0.164. The molecule has 0 spiro atoms. The molecule has 0 amide bonds. The number of benzene rings is 2. The zero-order valence-corrected chi connectivity index (χ0v) is 17.8. The van der Waals surface area contributed by atoms with Crippen LogP contribution in [-0.4, -0.2) is 50.5 Å². The van der Waals surface area contributed by atoms with E-state index in [1.165, 1.54) is 34.5 Å². The van der Waals surface area contributed by atoms with Gasteiger partial charge in [-0.1, -0.05) is 60.7 Å². The Balaban J connectivity index is 2.21. The molecular weight excluding hydrogens is 400 g/mol. The van der Waals surface area contributed by atoms with E-state index in [0.717, 1.165) is 0 Å². The first-order chi connectivity index (χ1) is 15.1. The molecule has 0 saturated heterocycles. The van der Waals surface area contributed by atoms with Gasteiger partial charge in [-0.2, -0.15) is 9.97 Å². The number of hydrogen-bond donors (Lipinski definition) is 0. The topological polar surface area (TPSA) is 89.0 Å². The van der Waals surface area contributed by atoms with Crippen molar-refractivity contribution in [3.05, 3.63) is 77.9 Å². The minimum Gasteiger partial charge on any atom is -0.481 e. The summed E-state index contributed by atoms with van der Waals surface area (Å²) in [6, 6.07) is 19.9. The lowest BCUT2D eigenvalue weighted by Crippen LogP contribution is -2.51. The van der Waals surface area contributed by atoms with Crippen LogP contribution in [0.4, 0.5) is 0 Å². The Morgan fingerprint density at radius 2 is 1.29 bits per heavy atom. The summed E-state index contributed by atoms with van der Waals surface area (Å²) in [4.78, 5) is 21.4. The van der Waals surface area contributed by atoms with Gasteiger partial charge >= 0.3 is 12.0 Å². The molecule has 31 heavy (non-hydrogen) atoms. The Labute approximate surface area is 180 Å². The zero-order chi connectivity index (χ0) is 22.3. The number of methoxy groups -OCH3 is 4. The lowest BCUT2D eigenvalue weighted by Gasteiger charge is -2.38. The monoisotopic (exact) mass is 424 g/mol. The van der Waals surface area contributed by atoms with Crippen molar-refractivity contribution in [2.45, 2.75) is 11.7 Å². The van der Waals surface area contributed by atoms with Crippen molar-refractivity contribution in [3.63, 3.8) is 0 Å². The maximum Gasteiger partial charge on any atom is 0.351 e. The number of ether oxygens (including phenoxy) is 5. The number of hydrogen-bond acceptors (Lipinski definition) is 8. The van der Waals surface area contributed by atoms with Crippen LogP contribution in [-0.2, 0) is 19.9 Å². The normalized spacial score (nSPS) is 12.0. The zero-order valence-electron chi connectivity index (χ0n) is 17.8. The highest BCUT2D eigenvalue weighted by Gasteiger charge is 2.50. The van der Waals surface area contributed by atoms with E-state index in [-0.39, 0.29) is 17.8 Å². The van der Waals surface area contributed by atoms with Crippen molar-refractivity contribution in [1.82, 2.24) is 9.97 Å². The minimum absolute atomic E-state index is 0.125. The van der Waals surface area contributed by atoms with E-state index in [4.69, 9.17) is 23.7 Å². The first-order valence-corrected chi connectivity index (χ1v) is 9.46. The maximum atomic E-state index is 13.0. The highest BCUT2D eigenvalue weighted by Crippen LogP contribution is 2.39. The van der Waals surface area contributed by atoms with Gasteiger partial charge in [0.05, 0.1) is 27.4 Å². The SMILES string of the molecule is COC(=O)[C@@H](Oc1nc(OC)cc(OC)n1)C(OC)(c1ccccc1)c1ccccc1. The summed E-state index contributed by atoms with van der Waals surface area (Å²) >= 11 is 0. The summed E-state index contributed by atoms with van der Waals surface area (Å²) in [5.41, 5.74) is 0.0258. The van der Waals surface area contributed by atoms with E-state index >= 15 is 0 Å². The van der Waals surface area contributed by atoms with Gasteiger partial charge < -0.3 is 23.7 Å². The van der Waals surface area contributed by atoms with Crippen LogP contribution in [0.1, 0.15) is 11.1 Å². The molecule has 3 aromatic rings. The van der Waals surface area contributed by atoms with Crippen molar-refractivity contribution in [1.29, 1.82) is 0 Å². The second-order valence-corrected chi connectivity index (χ2v) is 6.43. The Hall–Kier alpha value is -3.65. The van der Waals surface area contributed by atoms with E-state index in [9.17, 15) is 4.79 Å². The van der Waals surface area contributed by atoms with Gasteiger partial charge in [0.1, 0.15) is 0 Å². The van der Waals surface area contributed by atoms with Crippen LogP contribution in [0.25, 0.3) is 0 Å². The number of carbonyl (C=O) groups excluding carboxylic acids is 1. The molecule has 0 N–H and O–H groups in total. The molecule has 0 aliphatic rings. The van der Waals surface area contributed by atoms with Gasteiger partial charge in [0.25, 0.3) is 0 Å². The number of esters is 1. The summed E-state index contributed by atoms with van der Waals surface area (Å²) in [5, 5.41) is 0. The van der Waals surface area contributed by atoms with Gasteiger partial charge in [0, 0.05) is 7.11 Å². The standard InChI is InChI=1S/C23H24N2O6/c1-27-18-15-19(28-2)25-22(24-18)31-20(21(26)29-3)23(30-4,16-11-7-5-8-12-16)17-13-9-6-10-14-17/h5-15,20H,1-4H3/t20-/m1/s1. The Bertz CT molecular complexity index is 936. The molecule has 1 heterocycles. The van der Waals surface area contributed by atoms with Gasteiger partial charge in [-0.15, -0.1) is 0 Å². The maximum absolute atomic E-state index is 13.0. The van der Waals surface area contributed by atoms with Crippen LogP contribution in [0.5, 0.6) is 17.8 Å². The quantitative estimate of drug-likeness (QED) is 0.485. The summed E-state index contributed by atoms with van der Waals surface area (Å²) in [5.74, 6) is -0.235. The number of carbonyl (C=O) groups is 1. The van der Waals surface area contributed by atoms with E-state index in [0.29, 0.717) is 11.1 Å². The second-order valence-electron chi connectivity index (χ2n) is 6.43. The molecule has 3 rings (SSSR count). The van der Waals surface area contributed by atoms with E-state index in [1.807, 2.05) is 60.7 Å². The molecule has 8 nitrogen and oxygen atoms in total. The Morgan fingerprint density at radius 1 is 0.806 bits per heavy atom. The molecular formula is C23H24N2O6. The van der Waals surface area contributed by atoms with Gasteiger partial charge in [-0.3, -0.25) is 0 Å². The smallest absolute Gasteiger partial charge is 0.351 e. The fourth-order valence-electron chi connectivity index (χ4n) is 3.34. The molecule has 0 aliphatic heterocycles. The average molecular weight is 424 g/mol. The molecule has 0 unspecified atom stereocenters. The van der Waals surface area contributed by atoms with Crippen molar-refractivity contribution in [3.8, 4) is 17.8 Å². The number of nitrogens with zero attached hydrogens (tertiary/aromatic N) is 2. The first-order valence-electron chi connectivity index (χ1n) is 9.46. The summed E-state index contributed by atoms with van der Waals surface area (Å²) < 4.78 is 27.5. The highest BCUT2D eigenvalue weighted by molar-refractivity contribution is 5.78. The van der Waals surface area contributed by atoms with Gasteiger partial charge in [0.15, 0.2) is 5.60 Å². The largest absolute Gasteiger partial charge is 0.481 e. The Kier molecular flexibility index (Phi) is 7.04. The second kappa shape index (κ2) is 9.90. The first kappa shape index (κ1) is 22.0. The third-order valence-electron chi connectivity index (χ3n) is 4.81. The predicted octanol–water partition coefficient (Wildman–Crippen LogP) is 3.00. The lowest BCUT2D eigenvalue weighted by atomic mass is 9.81. The molecule has 2 aromatic carbocycles. The van der Waals surface area contributed by atoms with E-state index in [2.05, 4.69) is 9.97 Å². The average Bonchev–Trinajstić information content (AvgIpc) is 2.84. The van der Waals surface area contributed by atoms with Crippen LogP contribution in [0.2, 0.25) is 0 Å². The predicted molar refractivity (Wildman–Crippen MR) is 112 cm³/mol. The summed E-state index contributed by atoms with van der Waals surface area (Å²) in [6.45, 7) is 0. The third-order valence-corrected chi connectivity index (χ3v) is 4.81. The van der Waals surface area contributed by atoms with E-state index in [1.54, 1.807) is 0 Å². The van der Waals surface area contributed by atoms with Crippen LogP contribution in [0.15, 0.2) is 66.7 Å². The summed E-state index contributed by atoms with van der Waals surface area (Å²) in [7, 11) is 5.70. The molecule has 8 heteroatoms. The molecule has 1 atom stereocenters. The van der Waals surface area contributed by atoms with Crippen molar-refractivity contribution in [2.24, 2.45) is 0 Å². The summed E-state index contributed by atoms with van der Waals surface area (Å²) in [6.07, 6.45) is -1.29. The molecule has 0 fully saturated rings. The minimum atomic E-state index is -1.35. The Morgan fingerprint density at radius 3 is 1.68 bits per heavy atom. The van der Waals surface area contributed by atoms with Gasteiger partial charge in [0.2, 0.25) is 17.9 Å². The molecule has 1 aromatic heterocycles. The number of aromatic nitrogens is 2. The molecule has 0 saturated carbocycles. The van der Waals surface area contributed by atoms with Crippen LogP contribution in [0, 0.1) is 0 Å². The molecule has 162 valence electrons. The van der Waals surface area contributed by atoms with Gasteiger partial charge in [-0.25, -0.2) is 4.79 Å². The molecule has 0 radical (unpaired) electrons. The van der Waals surface area contributed by atoms with Crippen LogP contribution in [0.3, 0.4) is 0 Å². The van der Waals surface area contributed by atoms with Crippen molar-refractivity contribution in [2.75, 3.05) is 28.4 Å². The molecule has 0 aliphatic carbocycles. The van der Waals surface area contributed by atoms with Crippen LogP contribution >= 0.6 is 0 Å². The number of rotatable bonds is 9. The van der Waals surface area contributed by atoms with Crippen molar-refractivity contribution >= 4 is 5.97 Å². The van der Waals surface area contributed by atoms with Crippen molar-refractivity contribution < 1.29 is 28.5 Å². The fraction of sp³-hybridized carbons (Fsp3) is 0.261. The third kappa shape index (κ3) is 4.44. The van der Waals surface area contributed by atoms with E-state index < -0.39 is 17.7 Å².